The van der Waals surface area contributed by atoms with Crippen LogP contribution in [-0.4, -0.2) is 34.5 Å². The van der Waals surface area contributed by atoms with Gasteiger partial charge in [-0.05, 0) is 48.4 Å². The van der Waals surface area contributed by atoms with E-state index in [1.54, 1.807) is 42.5 Å². The maximum Gasteiger partial charge on any atom is 0.248 e. The smallest absolute Gasteiger partial charge is 0.248 e. The maximum absolute atomic E-state index is 12.6. The lowest BCUT2D eigenvalue weighted by Crippen LogP contribution is -2.33. The SMILES string of the molecule is CC(NCCC(=O)c1cccc(NC(=O)/C=C/c2ccccc2)c1)C(O)c1ccc(O)cc1. The molecule has 33 heavy (non-hydrogen) atoms. The van der Waals surface area contributed by atoms with Gasteiger partial charge in [-0.2, -0.15) is 0 Å². The Kier molecular flexibility index (Phi) is 8.52. The summed E-state index contributed by atoms with van der Waals surface area (Å²) in [6, 6.07) is 22.5. The van der Waals surface area contributed by atoms with Gasteiger partial charge in [0.1, 0.15) is 5.75 Å². The molecular formula is C27H28N2O4. The molecule has 0 fully saturated rings. The van der Waals surface area contributed by atoms with Gasteiger partial charge < -0.3 is 20.8 Å². The van der Waals surface area contributed by atoms with E-state index in [0.29, 0.717) is 23.4 Å². The van der Waals surface area contributed by atoms with E-state index in [1.165, 1.54) is 18.2 Å². The monoisotopic (exact) mass is 444 g/mol. The van der Waals surface area contributed by atoms with Gasteiger partial charge >= 0.3 is 0 Å². The minimum Gasteiger partial charge on any atom is -0.508 e. The summed E-state index contributed by atoms with van der Waals surface area (Å²) in [5, 5.41) is 25.7. The highest BCUT2D eigenvalue weighted by molar-refractivity contribution is 6.03. The number of aliphatic hydroxyl groups is 1. The van der Waals surface area contributed by atoms with Crippen LogP contribution in [0.4, 0.5) is 5.69 Å². The van der Waals surface area contributed by atoms with Crippen LogP contribution in [0.15, 0.2) is 84.9 Å². The average molecular weight is 445 g/mol. The number of Topliss-reactive ketones (excluding diaryl/α,β-unsaturated/α-hetero) is 1. The average Bonchev–Trinajstić information content (AvgIpc) is 2.83. The number of carbonyl (C=O) groups excluding carboxylic acids is 2. The predicted octanol–water partition coefficient (Wildman–Crippen LogP) is 4.33. The van der Waals surface area contributed by atoms with Crippen molar-refractivity contribution in [2.45, 2.75) is 25.5 Å². The summed E-state index contributed by atoms with van der Waals surface area (Å²) in [5.41, 5.74) is 2.67. The number of anilines is 1. The van der Waals surface area contributed by atoms with E-state index >= 15 is 0 Å². The van der Waals surface area contributed by atoms with Crippen LogP contribution < -0.4 is 10.6 Å². The summed E-state index contributed by atoms with van der Waals surface area (Å²) in [6.07, 6.45) is 2.67. The number of phenolic OH excluding ortho intramolecular Hbond substituents is 1. The van der Waals surface area contributed by atoms with E-state index in [1.807, 2.05) is 37.3 Å². The molecule has 6 heteroatoms. The highest BCUT2D eigenvalue weighted by Gasteiger charge is 2.16. The second-order valence-electron chi connectivity index (χ2n) is 7.77. The molecule has 0 radical (unpaired) electrons. The van der Waals surface area contributed by atoms with E-state index in [-0.39, 0.29) is 29.9 Å². The van der Waals surface area contributed by atoms with E-state index in [0.717, 1.165) is 5.56 Å². The third-order valence-corrected chi connectivity index (χ3v) is 5.21. The van der Waals surface area contributed by atoms with Gasteiger partial charge in [-0.15, -0.1) is 0 Å². The van der Waals surface area contributed by atoms with Gasteiger partial charge in [-0.25, -0.2) is 0 Å². The Morgan fingerprint density at radius 2 is 1.70 bits per heavy atom. The Bertz CT molecular complexity index is 1090. The molecule has 3 aromatic rings. The summed E-state index contributed by atoms with van der Waals surface area (Å²) in [5.74, 6) is -0.199. The maximum atomic E-state index is 12.6. The highest BCUT2D eigenvalue weighted by atomic mass is 16.3. The Labute approximate surface area is 193 Å². The normalized spacial score (nSPS) is 12.9. The van der Waals surface area contributed by atoms with Gasteiger partial charge in [-0.1, -0.05) is 54.6 Å². The Morgan fingerprint density at radius 1 is 0.970 bits per heavy atom. The van der Waals surface area contributed by atoms with Crippen LogP contribution in [0.25, 0.3) is 6.08 Å². The molecule has 0 saturated heterocycles. The molecule has 6 nitrogen and oxygen atoms in total. The third-order valence-electron chi connectivity index (χ3n) is 5.21. The number of hydrogen-bond acceptors (Lipinski definition) is 5. The lowest BCUT2D eigenvalue weighted by molar-refractivity contribution is -0.111. The first kappa shape index (κ1) is 23.9. The number of nitrogens with one attached hydrogen (secondary N) is 2. The van der Waals surface area contributed by atoms with Crippen molar-refractivity contribution in [1.82, 2.24) is 5.32 Å². The standard InChI is InChI=1S/C27H28N2O4/c1-19(27(33)21-11-13-24(30)14-12-21)28-17-16-25(31)22-8-5-9-23(18-22)29-26(32)15-10-20-6-3-2-4-7-20/h2-15,18-19,27-28,30,33H,16-17H2,1H3,(H,29,32)/b15-10+. The number of phenols is 1. The molecule has 0 aromatic heterocycles. The van der Waals surface area contributed by atoms with Crippen molar-refractivity contribution in [2.24, 2.45) is 0 Å². The van der Waals surface area contributed by atoms with Crippen molar-refractivity contribution >= 4 is 23.5 Å². The first-order valence-corrected chi connectivity index (χ1v) is 10.8. The summed E-state index contributed by atoms with van der Waals surface area (Å²) in [6.45, 7) is 2.23. The molecule has 0 aliphatic carbocycles. The van der Waals surface area contributed by atoms with Crippen molar-refractivity contribution in [3.8, 4) is 5.75 Å². The molecular weight excluding hydrogens is 416 g/mol. The van der Waals surface area contributed by atoms with Crippen molar-refractivity contribution in [2.75, 3.05) is 11.9 Å². The van der Waals surface area contributed by atoms with Gasteiger partial charge in [-0.3, -0.25) is 9.59 Å². The fourth-order valence-electron chi connectivity index (χ4n) is 3.32. The molecule has 3 rings (SSSR count). The van der Waals surface area contributed by atoms with E-state index < -0.39 is 6.10 Å². The van der Waals surface area contributed by atoms with Crippen LogP contribution >= 0.6 is 0 Å². The topological polar surface area (TPSA) is 98.7 Å². The first-order valence-electron chi connectivity index (χ1n) is 10.8. The van der Waals surface area contributed by atoms with Crippen LogP contribution in [0.3, 0.4) is 0 Å². The van der Waals surface area contributed by atoms with Crippen molar-refractivity contribution < 1.29 is 19.8 Å². The van der Waals surface area contributed by atoms with Gasteiger partial charge in [0.2, 0.25) is 5.91 Å². The fraction of sp³-hybridized carbons (Fsp3) is 0.185. The van der Waals surface area contributed by atoms with E-state index in [2.05, 4.69) is 10.6 Å². The quantitative estimate of drug-likeness (QED) is 0.276. The fourth-order valence-corrected chi connectivity index (χ4v) is 3.32. The number of amides is 1. The second-order valence-corrected chi connectivity index (χ2v) is 7.77. The lowest BCUT2D eigenvalue weighted by Gasteiger charge is -2.20. The molecule has 0 bridgehead atoms. The number of rotatable bonds is 10. The molecule has 1 amide bonds. The van der Waals surface area contributed by atoms with Crippen molar-refractivity contribution in [3.63, 3.8) is 0 Å². The molecule has 3 aromatic carbocycles. The zero-order chi connectivity index (χ0) is 23.6. The van der Waals surface area contributed by atoms with E-state index in [9.17, 15) is 19.8 Å². The molecule has 0 saturated carbocycles. The Hall–Kier alpha value is -3.74. The van der Waals surface area contributed by atoms with E-state index in [4.69, 9.17) is 0 Å². The second kappa shape index (κ2) is 11.8. The van der Waals surface area contributed by atoms with Crippen LogP contribution in [0.2, 0.25) is 0 Å². The lowest BCUT2D eigenvalue weighted by atomic mass is 10.0. The summed E-state index contributed by atoms with van der Waals surface area (Å²) >= 11 is 0. The number of carbonyl (C=O) groups is 2. The number of aromatic hydroxyl groups is 1. The Morgan fingerprint density at radius 3 is 2.42 bits per heavy atom. The molecule has 0 aliphatic heterocycles. The van der Waals surface area contributed by atoms with Crippen LogP contribution in [0, 0.1) is 0 Å². The molecule has 2 atom stereocenters. The number of ketones is 1. The third kappa shape index (κ3) is 7.42. The molecule has 0 aliphatic rings. The molecule has 2 unspecified atom stereocenters. The Balaban J connectivity index is 1.49. The first-order chi connectivity index (χ1) is 15.9. The van der Waals surface area contributed by atoms with Crippen LogP contribution in [0.5, 0.6) is 5.75 Å². The van der Waals surface area contributed by atoms with Crippen LogP contribution in [-0.2, 0) is 4.79 Å². The number of benzene rings is 3. The predicted molar refractivity (Wildman–Crippen MR) is 130 cm³/mol. The molecule has 0 spiro atoms. The van der Waals surface area contributed by atoms with Crippen LogP contribution in [0.1, 0.15) is 40.9 Å². The highest BCUT2D eigenvalue weighted by Crippen LogP contribution is 2.19. The zero-order valence-electron chi connectivity index (χ0n) is 18.4. The van der Waals surface area contributed by atoms with Crippen molar-refractivity contribution in [1.29, 1.82) is 0 Å². The number of aliphatic hydroxyl groups excluding tert-OH is 1. The number of hydrogen-bond donors (Lipinski definition) is 4. The van der Waals surface area contributed by atoms with Gasteiger partial charge in [0.05, 0.1) is 6.10 Å². The molecule has 4 N–H and O–H groups in total. The van der Waals surface area contributed by atoms with Gasteiger partial charge in [0.25, 0.3) is 0 Å². The summed E-state index contributed by atoms with van der Waals surface area (Å²) in [4.78, 5) is 24.8. The largest absolute Gasteiger partial charge is 0.508 e. The zero-order valence-corrected chi connectivity index (χ0v) is 18.4. The summed E-state index contributed by atoms with van der Waals surface area (Å²) in [7, 11) is 0. The van der Waals surface area contributed by atoms with Gasteiger partial charge in [0.15, 0.2) is 5.78 Å². The minimum atomic E-state index is -0.761. The minimum absolute atomic E-state index is 0.0650. The molecule has 170 valence electrons. The van der Waals surface area contributed by atoms with Gasteiger partial charge in [0, 0.05) is 36.3 Å². The van der Waals surface area contributed by atoms with Crippen molar-refractivity contribution in [3.05, 3.63) is 102 Å². The summed E-state index contributed by atoms with van der Waals surface area (Å²) < 4.78 is 0. The molecule has 0 heterocycles.